The number of imide groups is 2. The molecule has 0 radical (unpaired) electrons. The topological polar surface area (TPSA) is 150 Å². The molecule has 44 heavy (non-hydrogen) atoms. The second kappa shape index (κ2) is 17.4. The SMILES string of the molecule is O=C1CCC(N2C(=O)c3cccc(NC(=O)CCCCCOCCOCCOCCOCc4ccccc4)c3C2=O)C(=O)N1. The average Bonchev–Trinajstić information content (AvgIpc) is 3.27. The second-order valence-corrected chi connectivity index (χ2v) is 10.4. The van der Waals surface area contributed by atoms with Gasteiger partial charge in [0.15, 0.2) is 0 Å². The van der Waals surface area contributed by atoms with E-state index < -0.39 is 29.7 Å². The van der Waals surface area contributed by atoms with Crippen LogP contribution in [0, 0.1) is 0 Å². The molecule has 4 rings (SSSR count). The fourth-order valence-corrected chi connectivity index (χ4v) is 4.92. The summed E-state index contributed by atoms with van der Waals surface area (Å²) in [6, 6.07) is 13.5. The summed E-state index contributed by atoms with van der Waals surface area (Å²) in [4.78, 5) is 63.3. The summed E-state index contributed by atoms with van der Waals surface area (Å²) in [5, 5.41) is 4.90. The van der Waals surface area contributed by atoms with Gasteiger partial charge in [0.1, 0.15) is 6.04 Å². The molecule has 1 saturated heterocycles. The summed E-state index contributed by atoms with van der Waals surface area (Å²) in [6.07, 6.45) is 2.53. The fraction of sp³-hybridized carbons (Fsp3) is 0.469. The highest BCUT2D eigenvalue weighted by Crippen LogP contribution is 2.32. The molecule has 2 aliphatic rings. The van der Waals surface area contributed by atoms with Gasteiger partial charge in [-0.1, -0.05) is 42.8 Å². The van der Waals surface area contributed by atoms with Gasteiger partial charge >= 0.3 is 0 Å². The normalized spacial score (nSPS) is 16.3. The molecule has 2 aromatic carbocycles. The summed E-state index contributed by atoms with van der Waals surface area (Å²) in [7, 11) is 0. The Morgan fingerprint density at radius 2 is 1.45 bits per heavy atom. The summed E-state index contributed by atoms with van der Waals surface area (Å²) in [5.74, 6) is -2.68. The first-order chi connectivity index (χ1) is 21.5. The summed E-state index contributed by atoms with van der Waals surface area (Å²) in [5.41, 5.74) is 1.54. The highest BCUT2D eigenvalue weighted by molar-refractivity contribution is 6.26. The predicted molar refractivity (Wildman–Crippen MR) is 159 cm³/mol. The largest absolute Gasteiger partial charge is 0.379 e. The zero-order chi connectivity index (χ0) is 31.1. The maximum atomic E-state index is 13.1. The van der Waals surface area contributed by atoms with Gasteiger partial charge in [0.25, 0.3) is 11.8 Å². The molecule has 2 N–H and O–H groups in total. The van der Waals surface area contributed by atoms with Gasteiger partial charge in [-0.3, -0.25) is 34.2 Å². The number of carbonyl (C=O) groups is 5. The van der Waals surface area contributed by atoms with Crippen molar-refractivity contribution in [2.45, 2.75) is 51.2 Å². The highest BCUT2D eigenvalue weighted by atomic mass is 16.6. The standard InChI is InChI=1S/C32H39N3O9/c36-27(12-5-2-6-15-41-16-17-42-18-19-43-20-21-44-22-23-8-3-1-4-9-23)33-25-11-7-10-24-29(25)32(40)35(31(24)39)26-13-14-28(37)34-30(26)38/h1,3-4,7-11,26H,2,5-6,12-22H2,(H,33,36)(H,34,37,38). The summed E-state index contributed by atoms with van der Waals surface area (Å²) >= 11 is 0. The van der Waals surface area contributed by atoms with Crippen molar-refractivity contribution in [2.24, 2.45) is 0 Å². The number of piperidine rings is 1. The van der Waals surface area contributed by atoms with Gasteiger partial charge in [-0.15, -0.1) is 0 Å². The molecule has 12 nitrogen and oxygen atoms in total. The van der Waals surface area contributed by atoms with Gasteiger partial charge in [0, 0.05) is 19.4 Å². The van der Waals surface area contributed by atoms with Crippen LogP contribution in [0.4, 0.5) is 5.69 Å². The van der Waals surface area contributed by atoms with E-state index in [-0.39, 0.29) is 42.0 Å². The molecular weight excluding hydrogens is 570 g/mol. The Morgan fingerprint density at radius 3 is 2.16 bits per heavy atom. The molecule has 0 saturated carbocycles. The third kappa shape index (κ3) is 9.52. The Bertz CT molecular complexity index is 1300. The molecule has 0 spiro atoms. The molecular formula is C32H39N3O9. The molecule has 0 aromatic heterocycles. The molecule has 1 fully saturated rings. The van der Waals surface area contributed by atoms with E-state index in [2.05, 4.69) is 10.6 Å². The lowest BCUT2D eigenvalue weighted by Crippen LogP contribution is -2.54. The molecule has 2 heterocycles. The second-order valence-electron chi connectivity index (χ2n) is 10.4. The molecule has 5 amide bonds. The first kappa shape index (κ1) is 32.9. The van der Waals surface area contributed by atoms with Crippen molar-refractivity contribution in [3.05, 3.63) is 65.2 Å². The van der Waals surface area contributed by atoms with E-state index in [0.29, 0.717) is 59.3 Å². The van der Waals surface area contributed by atoms with E-state index >= 15 is 0 Å². The van der Waals surface area contributed by atoms with E-state index in [1.54, 1.807) is 12.1 Å². The zero-order valence-corrected chi connectivity index (χ0v) is 24.7. The van der Waals surface area contributed by atoms with E-state index in [9.17, 15) is 24.0 Å². The van der Waals surface area contributed by atoms with E-state index in [0.717, 1.165) is 23.3 Å². The maximum Gasteiger partial charge on any atom is 0.264 e. The van der Waals surface area contributed by atoms with E-state index in [4.69, 9.17) is 18.9 Å². The minimum atomic E-state index is -1.06. The maximum absolute atomic E-state index is 13.1. The number of rotatable bonds is 19. The van der Waals surface area contributed by atoms with Crippen molar-refractivity contribution >= 4 is 35.2 Å². The Kier molecular flexibility index (Phi) is 13.0. The number of benzene rings is 2. The molecule has 0 aliphatic carbocycles. The number of ether oxygens (including phenoxy) is 4. The Morgan fingerprint density at radius 1 is 0.773 bits per heavy atom. The number of amides is 5. The van der Waals surface area contributed by atoms with Crippen molar-refractivity contribution in [1.82, 2.24) is 10.2 Å². The third-order valence-electron chi connectivity index (χ3n) is 7.16. The number of fused-ring (bicyclic) bond motifs is 1. The molecule has 1 atom stereocenters. The van der Waals surface area contributed by atoms with Crippen LogP contribution in [0.25, 0.3) is 0 Å². The number of hydrogen-bond donors (Lipinski definition) is 2. The van der Waals surface area contributed by atoms with Crippen molar-refractivity contribution < 1.29 is 42.9 Å². The fourth-order valence-electron chi connectivity index (χ4n) is 4.92. The number of unbranched alkanes of at least 4 members (excludes halogenated alkanes) is 2. The van der Waals surface area contributed by atoms with Crippen LogP contribution in [-0.2, 0) is 39.9 Å². The van der Waals surface area contributed by atoms with Crippen molar-refractivity contribution in [3.8, 4) is 0 Å². The van der Waals surface area contributed by atoms with Gasteiger partial charge in [0.05, 0.1) is 63.1 Å². The van der Waals surface area contributed by atoms with Crippen molar-refractivity contribution in [3.63, 3.8) is 0 Å². The van der Waals surface area contributed by atoms with Crippen LogP contribution in [0.2, 0.25) is 0 Å². The molecule has 2 aliphatic heterocycles. The third-order valence-corrected chi connectivity index (χ3v) is 7.16. The Labute approximate surface area is 256 Å². The molecule has 0 bridgehead atoms. The summed E-state index contributed by atoms with van der Waals surface area (Å²) in [6.45, 7) is 4.09. The summed E-state index contributed by atoms with van der Waals surface area (Å²) < 4.78 is 22.1. The molecule has 2 aromatic rings. The molecule has 1 unspecified atom stereocenters. The quantitative estimate of drug-likeness (QED) is 0.181. The van der Waals surface area contributed by atoms with Crippen molar-refractivity contribution in [2.75, 3.05) is 51.6 Å². The van der Waals surface area contributed by atoms with Gasteiger partial charge in [-0.05, 0) is 37.0 Å². The smallest absolute Gasteiger partial charge is 0.264 e. The lowest BCUT2D eigenvalue weighted by atomic mass is 10.0. The minimum absolute atomic E-state index is 0.0363. The van der Waals surface area contributed by atoms with Crippen LogP contribution in [0.15, 0.2) is 48.5 Å². The lowest BCUT2D eigenvalue weighted by Gasteiger charge is -2.27. The monoisotopic (exact) mass is 609 g/mol. The first-order valence-electron chi connectivity index (χ1n) is 14.9. The minimum Gasteiger partial charge on any atom is -0.379 e. The first-order valence-corrected chi connectivity index (χ1v) is 14.9. The number of carbonyl (C=O) groups excluding carboxylic acids is 5. The van der Waals surface area contributed by atoms with Crippen LogP contribution < -0.4 is 10.6 Å². The van der Waals surface area contributed by atoms with E-state index in [1.807, 2.05) is 30.3 Å². The van der Waals surface area contributed by atoms with Crippen LogP contribution in [0.3, 0.4) is 0 Å². The van der Waals surface area contributed by atoms with Crippen LogP contribution in [0.5, 0.6) is 0 Å². The lowest BCUT2D eigenvalue weighted by molar-refractivity contribution is -0.136. The Balaban J connectivity index is 1.02. The van der Waals surface area contributed by atoms with Gasteiger partial charge in [0.2, 0.25) is 17.7 Å². The van der Waals surface area contributed by atoms with Gasteiger partial charge in [-0.25, -0.2) is 0 Å². The average molecular weight is 610 g/mol. The Hall–Kier alpha value is -3.97. The number of anilines is 1. The number of nitrogens with zero attached hydrogens (tertiary/aromatic N) is 1. The highest BCUT2D eigenvalue weighted by Gasteiger charge is 2.45. The van der Waals surface area contributed by atoms with E-state index in [1.165, 1.54) is 6.07 Å². The molecule has 236 valence electrons. The van der Waals surface area contributed by atoms with Crippen LogP contribution >= 0.6 is 0 Å². The van der Waals surface area contributed by atoms with Crippen LogP contribution in [-0.4, -0.2) is 86.7 Å². The van der Waals surface area contributed by atoms with Crippen LogP contribution in [0.1, 0.15) is 64.8 Å². The van der Waals surface area contributed by atoms with Gasteiger partial charge in [-0.2, -0.15) is 0 Å². The number of hydrogen-bond acceptors (Lipinski definition) is 9. The zero-order valence-electron chi connectivity index (χ0n) is 24.7. The predicted octanol–water partition coefficient (Wildman–Crippen LogP) is 2.85. The molecule has 12 heteroatoms. The van der Waals surface area contributed by atoms with Crippen molar-refractivity contribution in [1.29, 1.82) is 0 Å². The van der Waals surface area contributed by atoms with Gasteiger partial charge < -0.3 is 24.3 Å². The number of nitrogens with one attached hydrogen (secondary N) is 2.